The van der Waals surface area contributed by atoms with E-state index in [1.54, 1.807) is 18.2 Å². The van der Waals surface area contributed by atoms with E-state index in [4.69, 9.17) is 5.73 Å². The first-order valence-electron chi connectivity index (χ1n) is 4.96. The molecule has 0 heterocycles. The lowest BCUT2D eigenvalue weighted by Crippen LogP contribution is -2.42. The minimum atomic E-state index is -0.719. The summed E-state index contributed by atoms with van der Waals surface area (Å²) in [5.74, 6) is -1.29. The molecule has 0 aromatic heterocycles. The monoisotopic (exact) mass is 256 g/mol. The minimum absolute atomic E-state index is 0.0402. The number of halogens is 1. The van der Waals surface area contributed by atoms with Crippen molar-refractivity contribution in [3.8, 4) is 0 Å². The highest BCUT2D eigenvalue weighted by atomic mass is 32.2. The summed E-state index contributed by atoms with van der Waals surface area (Å²) < 4.78 is 13.2. The zero-order chi connectivity index (χ0) is 12.8. The zero-order valence-electron chi connectivity index (χ0n) is 9.27. The molecule has 0 aliphatic heterocycles. The molecule has 92 valence electrons. The van der Waals surface area contributed by atoms with Crippen LogP contribution in [0.2, 0.25) is 0 Å². The maximum absolute atomic E-state index is 13.2. The van der Waals surface area contributed by atoms with Gasteiger partial charge in [-0.1, -0.05) is 12.1 Å². The van der Waals surface area contributed by atoms with Crippen LogP contribution in [0.25, 0.3) is 0 Å². The molecule has 1 aromatic carbocycles. The summed E-state index contributed by atoms with van der Waals surface area (Å²) in [5.41, 5.74) is 5.00. The number of nitrogens with two attached hydrogens (primary N) is 1. The second-order valence-corrected chi connectivity index (χ2v) is 4.43. The van der Waals surface area contributed by atoms with Gasteiger partial charge in [0.15, 0.2) is 0 Å². The average Bonchev–Trinajstić information content (AvgIpc) is 2.27. The average molecular weight is 256 g/mol. The number of thioether (sulfide) groups is 1. The van der Waals surface area contributed by atoms with E-state index >= 15 is 0 Å². The molecule has 1 aromatic rings. The molecule has 6 heteroatoms. The molecule has 0 radical (unpaired) electrons. The Balaban J connectivity index is 2.44. The van der Waals surface area contributed by atoms with Crippen molar-refractivity contribution in [1.82, 2.24) is 5.32 Å². The van der Waals surface area contributed by atoms with E-state index in [-0.39, 0.29) is 17.5 Å². The topological polar surface area (TPSA) is 72.2 Å². The smallest absolute Gasteiger partial charge is 0.239 e. The number of carbonyl (C=O) groups is 2. The van der Waals surface area contributed by atoms with E-state index in [1.807, 2.05) is 0 Å². The molecule has 0 aliphatic carbocycles. The van der Waals surface area contributed by atoms with Gasteiger partial charge in [-0.25, -0.2) is 4.39 Å². The third-order valence-corrected chi connectivity index (χ3v) is 3.05. The van der Waals surface area contributed by atoms with E-state index in [2.05, 4.69) is 5.32 Å². The Morgan fingerprint density at radius 3 is 2.71 bits per heavy atom. The molecule has 0 spiro atoms. The molecule has 4 nitrogen and oxygen atoms in total. The summed E-state index contributed by atoms with van der Waals surface area (Å²) in [6.07, 6.45) is 0. The van der Waals surface area contributed by atoms with Crippen LogP contribution in [0, 0.1) is 5.82 Å². The molecular formula is C11H13FN2O2S. The minimum Gasteiger partial charge on any atom is -0.368 e. The first kappa shape index (κ1) is 13.5. The van der Waals surface area contributed by atoms with Crippen LogP contribution in [-0.4, -0.2) is 23.6 Å². The van der Waals surface area contributed by atoms with Crippen LogP contribution in [-0.2, 0) is 9.59 Å². The van der Waals surface area contributed by atoms with Gasteiger partial charge in [0.25, 0.3) is 0 Å². The highest BCUT2D eigenvalue weighted by Gasteiger charge is 2.12. The van der Waals surface area contributed by atoms with E-state index in [1.165, 1.54) is 13.0 Å². The lowest BCUT2D eigenvalue weighted by atomic mass is 10.3. The third-order valence-electron chi connectivity index (χ3n) is 2.00. The van der Waals surface area contributed by atoms with Crippen molar-refractivity contribution in [2.24, 2.45) is 5.73 Å². The molecule has 1 atom stereocenters. The Hall–Kier alpha value is -1.56. The molecule has 17 heavy (non-hydrogen) atoms. The number of primary amides is 1. The molecule has 0 saturated heterocycles. The summed E-state index contributed by atoms with van der Waals surface area (Å²) in [7, 11) is 0. The molecule has 0 bridgehead atoms. The predicted molar refractivity (Wildman–Crippen MR) is 63.9 cm³/mol. The van der Waals surface area contributed by atoms with Crippen molar-refractivity contribution in [1.29, 1.82) is 0 Å². The molecule has 2 amide bonds. The Kier molecular flexibility index (Phi) is 4.96. The van der Waals surface area contributed by atoms with Gasteiger partial charge in [-0.2, -0.15) is 0 Å². The molecule has 1 rings (SSSR count). The highest BCUT2D eigenvalue weighted by molar-refractivity contribution is 8.00. The second kappa shape index (κ2) is 6.24. The van der Waals surface area contributed by atoms with Gasteiger partial charge in [0.05, 0.1) is 5.75 Å². The van der Waals surface area contributed by atoms with Crippen LogP contribution in [0.5, 0.6) is 0 Å². The SMILES string of the molecule is CC(NC(=O)CSc1ccccc1F)C(N)=O. The van der Waals surface area contributed by atoms with Crippen molar-refractivity contribution in [3.63, 3.8) is 0 Å². The van der Waals surface area contributed by atoms with Crippen LogP contribution in [0.1, 0.15) is 6.92 Å². The summed E-state index contributed by atoms with van der Waals surface area (Å²) in [6, 6.07) is 5.46. The van der Waals surface area contributed by atoms with Crippen LogP contribution in [0.4, 0.5) is 4.39 Å². The molecule has 0 aliphatic rings. The predicted octanol–water partition coefficient (Wildman–Crippen LogP) is 0.908. The first-order valence-corrected chi connectivity index (χ1v) is 5.95. The number of nitrogens with one attached hydrogen (secondary N) is 1. The largest absolute Gasteiger partial charge is 0.368 e. The van der Waals surface area contributed by atoms with Gasteiger partial charge in [-0.3, -0.25) is 9.59 Å². The third kappa shape index (κ3) is 4.44. The number of amides is 2. The van der Waals surface area contributed by atoms with E-state index in [0.717, 1.165) is 11.8 Å². The van der Waals surface area contributed by atoms with Crippen molar-refractivity contribution in [2.75, 3.05) is 5.75 Å². The molecule has 0 fully saturated rings. The van der Waals surface area contributed by atoms with Gasteiger partial charge < -0.3 is 11.1 Å². The number of hydrogen-bond acceptors (Lipinski definition) is 3. The van der Waals surface area contributed by atoms with Crippen LogP contribution >= 0.6 is 11.8 Å². The standard InChI is InChI=1S/C11H13FN2O2S/c1-7(11(13)16)14-10(15)6-17-9-5-3-2-4-8(9)12/h2-5,7H,6H2,1H3,(H2,13,16)(H,14,15). The molecule has 0 saturated carbocycles. The highest BCUT2D eigenvalue weighted by Crippen LogP contribution is 2.20. The fraction of sp³-hybridized carbons (Fsp3) is 0.273. The number of rotatable bonds is 5. The van der Waals surface area contributed by atoms with E-state index < -0.39 is 11.9 Å². The Bertz CT molecular complexity index is 426. The number of hydrogen-bond donors (Lipinski definition) is 2. The lowest BCUT2D eigenvalue weighted by Gasteiger charge is -2.09. The van der Waals surface area contributed by atoms with Crippen LogP contribution < -0.4 is 11.1 Å². The van der Waals surface area contributed by atoms with E-state index in [0.29, 0.717) is 4.90 Å². The zero-order valence-corrected chi connectivity index (χ0v) is 10.1. The summed E-state index contributed by atoms with van der Waals surface area (Å²) in [6.45, 7) is 1.49. The van der Waals surface area contributed by atoms with Gasteiger partial charge in [0.2, 0.25) is 11.8 Å². The van der Waals surface area contributed by atoms with Crippen molar-refractivity contribution in [3.05, 3.63) is 30.1 Å². The van der Waals surface area contributed by atoms with Crippen molar-refractivity contribution >= 4 is 23.6 Å². The Morgan fingerprint density at radius 2 is 2.12 bits per heavy atom. The van der Waals surface area contributed by atoms with E-state index in [9.17, 15) is 14.0 Å². The van der Waals surface area contributed by atoms with Crippen molar-refractivity contribution in [2.45, 2.75) is 17.9 Å². The van der Waals surface area contributed by atoms with Crippen LogP contribution in [0.3, 0.4) is 0 Å². The van der Waals surface area contributed by atoms with Crippen LogP contribution in [0.15, 0.2) is 29.2 Å². The second-order valence-electron chi connectivity index (χ2n) is 3.41. The molecule has 1 unspecified atom stereocenters. The van der Waals surface area contributed by atoms with Gasteiger partial charge in [0, 0.05) is 4.90 Å². The molecular weight excluding hydrogens is 243 g/mol. The van der Waals surface area contributed by atoms with Gasteiger partial charge in [-0.05, 0) is 19.1 Å². The number of benzene rings is 1. The maximum Gasteiger partial charge on any atom is 0.239 e. The Labute approximate surface area is 103 Å². The van der Waals surface area contributed by atoms with Gasteiger partial charge in [-0.15, -0.1) is 11.8 Å². The van der Waals surface area contributed by atoms with Gasteiger partial charge in [0.1, 0.15) is 11.9 Å². The fourth-order valence-electron chi connectivity index (χ4n) is 1.06. The lowest BCUT2D eigenvalue weighted by molar-refractivity contribution is -0.125. The fourth-order valence-corrected chi connectivity index (χ4v) is 1.81. The van der Waals surface area contributed by atoms with Gasteiger partial charge >= 0.3 is 0 Å². The Morgan fingerprint density at radius 1 is 1.47 bits per heavy atom. The maximum atomic E-state index is 13.2. The normalized spacial score (nSPS) is 11.9. The summed E-state index contributed by atoms with van der Waals surface area (Å²) in [5, 5.41) is 2.41. The summed E-state index contributed by atoms with van der Waals surface area (Å²) in [4.78, 5) is 22.5. The quantitative estimate of drug-likeness (QED) is 0.769. The molecule has 3 N–H and O–H groups in total. The summed E-state index contributed by atoms with van der Waals surface area (Å²) >= 11 is 1.07. The van der Waals surface area contributed by atoms with Crippen molar-refractivity contribution < 1.29 is 14.0 Å². The first-order chi connectivity index (χ1) is 8.00. The number of carbonyl (C=O) groups excluding carboxylic acids is 2.